The molecule has 5 nitrogen and oxygen atoms in total. The van der Waals surface area contributed by atoms with Crippen LogP contribution in [0.1, 0.15) is 5.76 Å². The Kier molecular flexibility index (Phi) is 5.03. The molecule has 20 heavy (non-hydrogen) atoms. The van der Waals surface area contributed by atoms with E-state index in [9.17, 15) is 4.79 Å². The molecule has 2 aromatic rings. The molecule has 1 aromatic carbocycles. The molecule has 0 saturated carbocycles. The zero-order valence-corrected chi connectivity index (χ0v) is 11.7. The third-order valence-corrected chi connectivity index (χ3v) is 2.72. The van der Waals surface area contributed by atoms with Crippen LogP contribution in [0, 0.1) is 0 Å². The lowest BCUT2D eigenvalue weighted by Gasteiger charge is -2.08. The summed E-state index contributed by atoms with van der Waals surface area (Å²) in [6, 6.07) is 10.9. The van der Waals surface area contributed by atoms with Crippen LogP contribution in [0.2, 0.25) is 5.22 Å². The van der Waals surface area contributed by atoms with Crippen LogP contribution < -0.4 is 10.6 Å². The molecule has 0 saturated heterocycles. The number of ether oxygens (including phenoxy) is 1. The van der Waals surface area contributed by atoms with E-state index >= 15 is 0 Å². The summed E-state index contributed by atoms with van der Waals surface area (Å²) in [7, 11) is 1.48. The zero-order chi connectivity index (χ0) is 14.4. The van der Waals surface area contributed by atoms with E-state index in [-0.39, 0.29) is 12.5 Å². The van der Waals surface area contributed by atoms with Crippen molar-refractivity contribution in [2.75, 3.05) is 24.4 Å². The van der Waals surface area contributed by atoms with Crippen molar-refractivity contribution < 1.29 is 13.9 Å². The number of anilines is 2. The third kappa shape index (κ3) is 4.29. The number of amides is 1. The Hall–Kier alpha value is -1.98. The maximum atomic E-state index is 11.4. The van der Waals surface area contributed by atoms with E-state index in [4.69, 9.17) is 20.8 Å². The second-order valence-corrected chi connectivity index (χ2v) is 4.49. The lowest BCUT2D eigenvalue weighted by Crippen LogP contribution is -2.17. The number of hydrogen-bond acceptors (Lipinski definition) is 4. The smallest absolute Gasteiger partial charge is 0.250 e. The molecule has 1 amide bonds. The molecule has 0 unspecified atom stereocenters. The van der Waals surface area contributed by atoms with Crippen LogP contribution in [-0.4, -0.2) is 19.6 Å². The van der Waals surface area contributed by atoms with Gasteiger partial charge in [0.2, 0.25) is 5.91 Å². The van der Waals surface area contributed by atoms with Gasteiger partial charge in [0, 0.05) is 18.5 Å². The fourth-order valence-corrected chi connectivity index (χ4v) is 1.83. The minimum absolute atomic E-state index is 0.0303. The highest BCUT2D eigenvalue weighted by Crippen LogP contribution is 2.18. The van der Waals surface area contributed by atoms with Crippen LogP contribution in [-0.2, 0) is 16.1 Å². The van der Waals surface area contributed by atoms with Gasteiger partial charge in [0.05, 0.1) is 6.54 Å². The summed E-state index contributed by atoms with van der Waals surface area (Å²) >= 11 is 5.70. The molecule has 0 fully saturated rings. The molecular formula is C14H15ClN2O3. The Labute approximate surface area is 121 Å². The van der Waals surface area contributed by atoms with Gasteiger partial charge in [-0.3, -0.25) is 4.79 Å². The minimum Gasteiger partial charge on any atom is -0.448 e. The number of methoxy groups -OCH3 is 1. The summed E-state index contributed by atoms with van der Waals surface area (Å²) in [6.07, 6.45) is 0. The second-order valence-electron chi connectivity index (χ2n) is 4.12. The standard InChI is InChI=1S/C14H15ClN2O3/c1-19-9-14(18)17-11-4-2-3-10(7-11)16-8-12-5-6-13(15)20-12/h2-7,16H,8-9H2,1H3,(H,17,18). The van der Waals surface area contributed by atoms with Gasteiger partial charge in [0.1, 0.15) is 12.4 Å². The lowest BCUT2D eigenvalue weighted by atomic mass is 10.2. The minimum atomic E-state index is -0.192. The third-order valence-electron chi connectivity index (χ3n) is 2.52. The second kappa shape index (κ2) is 6.98. The molecule has 0 bridgehead atoms. The van der Waals surface area contributed by atoms with Gasteiger partial charge >= 0.3 is 0 Å². The molecule has 0 spiro atoms. The van der Waals surface area contributed by atoms with E-state index < -0.39 is 0 Å². The molecule has 2 rings (SSSR count). The molecular weight excluding hydrogens is 280 g/mol. The zero-order valence-electron chi connectivity index (χ0n) is 11.0. The van der Waals surface area contributed by atoms with Gasteiger partial charge in [-0.25, -0.2) is 0 Å². The molecule has 1 heterocycles. The van der Waals surface area contributed by atoms with E-state index in [0.29, 0.717) is 17.5 Å². The van der Waals surface area contributed by atoms with E-state index in [2.05, 4.69) is 10.6 Å². The predicted octanol–water partition coefficient (Wildman–Crippen LogP) is 3.13. The molecule has 0 radical (unpaired) electrons. The van der Waals surface area contributed by atoms with Gasteiger partial charge in [-0.15, -0.1) is 0 Å². The number of nitrogens with one attached hydrogen (secondary N) is 2. The van der Waals surface area contributed by atoms with Crippen molar-refractivity contribution >= 4 is 28.9 Å². The first-order valence-corrected chi connectivity index (χ1v) is 6.42. The van der Waals surface area contributed by atoms with Gasteiger partial charge in [-0.05, 0) is 41.9 Å². The molecule has 0 aliphatic heterocycles. The van der Waals surface area contributed by atoms with E-state index in [1.165, 1.54) is 7.11 Å². The fourth-order valence-electron chi connectivity index (χ4n) is 1.67. The van der Waals surface area contributed by atoms with Crippen molar-refractivity contribution in [2.24, 2.45) is 0 Å². The van der Waals surface area contributed by atoms with Gasteiger partial charge in [0.15, 0.2) is 5.22 Å². The van der Waals surface area contributed by atoms with Crippen LogP contribution in [0.15, 0.2) is 40.8 Å². The highest BCUT2D eigenvalue weighted by Gasteiger charge is 2.03. The van der Waals surface area contributed by atoms with Crippen molar-refractivity contribution in [3.05, 3.63) is 47.4 Å². The van der Waals surface area contributed by atoms with Crippen molar-refractivity contribution in [2.45, 2.75) is 6.54 Å². The van der Waals surface area contributed by atoms with E-state index in [0.717, 1.165) is 11.4 Å². The maximum Gasteiger partial charge on any atom is 0.250 e. The SMILES string of the molecule is COCC(=O)Nc1cccc(NCc2ccc(Cl)o2)c1. The average Bonchev–Trinajstić information content (AvgIpc) is 2.83. The largest absolute Gasteiger partial charge is 0.448 e. The van der Waals surface area contributed by atoms with E-state index in [1.807, 2.05) is 24.3 Å². The van der Waals surface area contributed by atoms with Gasteiger partial charge in [-0.2, -0.15) is 0 Å². The molecule has 2 N–H and O–H groups in total. The van der Waals surface area contributed by atoms with Crippen LogP contribution in [0.4, 0.5) is 11.4 Å². The maximum absolute atomic E-state index is 11.4. The summed E-state index contributed by atoms with van der Waals surface area (Å²) < 4.78 is 10.0. The molecule has 0 atom stereocenters. The van der Waals surface area contributed by atoms with Crippen molar-refractivity contribution in [1.29, 1.82) is 0 Å². The summed E-state index contributed by atoms with van der Waals surface area (Å²) in [5.41, 5.74) is 1.57. The van der Waals surface area contributed by atoms with Gasteiger partial charge in [-0.1, -0.05) is 6.07 Å². The highest BCUT2D eigenvalue weighted by atomic mass is 35.5. The Balaban J connectivity index is 1.93. The van der Waals surface area contributed by atoms with Gasteiger partial charge < -0.3 is 19.8 Å². The quantitative estimate of drug-likeness (QED) is 0.859. The molecule has 0 aliphatic rings. The Morgan fingerprint density at radius 3 is 2.80 bits per heavy atom. The van der Waals surface area contributed by atoms with Gasteiger partial charge in [0.25, 0.3) is 0 Å². The molecule has 1 aromatic heterocycles. The number of halogens is 1. The number of carbonyl (C=O) groups is 1. The Bertz CT molecular complexity index is 583. The monoisotopic (exact) mass is 294 g/mol. The Morgan fingerprint density at radius 2 is 2.10 bits per heavy atom. The number of rotatable bonds is 6. The molecule has 106 valence electrons. The number of benzene rings is 1. The first-order valence-electron chi connectivity index (χ1n) is 6.04. The summed E-state index contributed by atoms with van der Waals surface area (Å²) in [5, 5.41) is 6.29. The first-order chi connectivity index (χ1) is 9.67. The normalized spacial score (nSPS) is 10.3. The molecule has 6 heteroatoms. The van der Waals surface area contributed by atoms with Crippen LogP contribution in [0.25, 0.3) is 0 Å². The van der Waals surface area contributed by atoms with Crippen molar-refractivity contribution in [1.82, 2.24) is 0 Å². The fraction of sp³-hybridized carbons (Fsp3) is 0.214. The summed E-state index contributed by atoms with van der Waals surface area (Å²) in [6.45, 7) is 0.546. The average molecular weight is 295 g/mol. The summed E-state index contributed by atoms with van der Waals surface area (Å²) in [4.78, 5) is 11.4. The number of hydrogen-bond donors (Lipinski definition) is 2. The van der Waals surface area contributed by atoms with Crippen LogP contribution >= 0.6 is 11.6 Å². The lowest BCUT2D eigenvalue weighted by molar-refractivity contribution is -0.119. The van der Waals surface area contributed by atoms with Crippen molar-refractivity contribution in [3.8, 4) is 0 Å². The van der Waals surface area contributed by atoms with Crippen molar-refractivity contribution in [3.63, 3.8) is 0 Å². The van der Waals surface area contributed by atoms with E-state index in [1.54, 1.807) is 12.1 Å². The summed E-state index contributed by atoms with van der Waals surface area (Å²) in [5.74, 6) is 0.547. The Morgan fingerprint density at radius 1 is 1.30 bits per heavy atom. The van der Waals surface area contributed by atoms with Crippen LogP contribution in [0.3, 0.4) is 0 Å². The molecule has 0 aliphatic carbocycles. The van der Waals surface area contributed by atoms with Crippen LogP contribution in [0.5, 0.6) is 0 Å². The predicted molar refractivity (Wildman–Crippen MR) is 78.0 cm³/mol. The first kappa shape index (κ1) is 14.4. The topological polar surface area (TPSA) is 63.5 Å². The number of furan rings is 1. The highest BCUT2D eigenvalue weighted by molar-refractivity contribution is 6.28. The number of carbonyl (C=O) groups excluding carboxylic acids is 1.